The Morgan fingerprint density at radius 3 is 2.71 bits per heavy atom. The molecular weight excluding hydrogens is 122 g/mol. The van der Waals surface area contributed by atoms with Gasteiger partial charge < -0.3 is 9.85 Å². The molecule has 2 N–H and O–H groups in total. The quantitative estimate of drug-likeness (QED) is 0.460. The molecule has 1 unspecified atom stereocenters. The number of nitrogens with two attached hydrogens (primary N) is 1. The first-order valence-corrected chi connectivity index (χ1v) is 4.91. The Hall–Kier alpha value is 0.354. The second kappa shape index (κ2) is 4.51. The van der Waals surface area contributed by atoms with Crippen molar-refractivity contribution in [3.63, 3.8) is 0 Å². The molecule has 0 aliphatic carbocycles. The van der Waals surface area contributed by atoms with Gasteiger partial charge in [0.05, 0.1) is 0 Å². The summed E-state index contributed by atoms with van der Waals surface area (Å²) in [6, 6.07) is 1.49. The first kappa shape index (κ1) is 7.35. The van der Waals surface area contributed by atoms with Crippen LogP contribution < -0.4 is 5.73 Å². The number of rotatable bonds is 3. The van der Waals surface area contributed by atoms with Crippen molar-refractivity contribution in [2.75, 3.05) is 0 Å². The summed E-state index contributed by atoms with van der Waals surface area (Å²) in [4.78, 5) is 0. The average Bonchev–Trinajstić information content (AvgIpc) is 1.61. The molecule has 7 heavy (non-hydrogen) atoms. The molecule has 0 rings (SSSR count). The fourth-order valence-corrected chi connectivity index (χ4v) is 1.62. The Bertz CT molecular complexity index is 41.9. The van der Waals surface area contributed by atoms with Crippen molar-refractivity contribution in [3.05, 3.63) is 0 Å². The maximum absolute atomic E-state index is 5.45. The molecular formula is C3H13NOSi2. The molecule has 44 valence electrons. The van der Waals surface area contributed by atoms with Crippen LogP contribution in [0, 0.1) is 0 Å². The molecule has 0 saturated heterocycles. The van der Waals surface area contributed by atoms with Crippen LogP contribution in [-0.4, -0.2) is 26.3 Å². The Labute approximate surface area is 49.9 Å². The van der Waals surface area contributed by atoms with Gasteiger partial charge in [0, 0.05) is 6.04 Å². The van der Waals surface area contributed by atoms with Crippen molar-refractivity contribution in [2.24, 2.45) is 5.73 Å². The van der Waals surface area contributed by atoms with E-state index in [4.69, 9.17) is 9.85 Å². The van der Waals surface area contributed by atoms with Gasteiger partial charge in [-0.25, -0.2) is 0 Å². The predicted octanol–water partition coefficient (Wildman–Crippen LogP) is -1.87. The molecule has 0 aromatic carbocycles. The van der Waals surface area contributed by atoms with E-state index in [1.165, 1.54) is 0 Å². The predicted molar refractivity (Wildman–Crippen MR) is 38.0 cm³/mol. The van der Waals surface area contributed by atoms with Crippen LogP contribution in [-0.2, 0) is 4.12 Å². The smallest absolute Gasteiger partial charge is 0.147 e. The highest BCUT2D eigenvalue weighted by Gasteiger charge is 1.90. The molecule has 2 nitrogen and oxygen atoms in total. The molecule has 0 spiro atoms. The van der Waals surface area contributed by atoms with Gasteiger partial charge in [0.15, 0.2) is 0 Å². The van der Waals surface area contributed by atoms with Gasteiger partial charge in [0.2, 0.25) is 0 Å². The minimum Gasteiger partial charge on any atom is -0.468 e. The van der Waals surface area contributed by atoms with Crippen LogP contribution in [0.15, 0.2) is 0 Å². The summed E-state index contributed by atoms with van der Waals surface area (Å²) in [5.74, 6) is 0. The normalized spacial score (nSPS) is 16.3. The van der Waals surface area contributed by atoms with Crippen LogP contribution in [0.1, 0.15) is 6.92 Å². The van der Waals surface area contributed by atoms with E-state index in [-0.39, 0.29) is 9.76 Å². The molecule has 0 amide bonds. The fraction of sp³-hybridized carbons (Fsp3) is 1.00. The van der Waals surface area contributed by atoms with Crippen LogP contribution in [0.3, 0.4) is 0 Å². The molecule has 4 heteroatoms. The van der Waals surface area contributed by atoms with Crippen LogP contribution in [0.4, 0.5) is 0 Å². The Kier molecular flexibility index (Phi) is 4.74. The summed E-state index contributed by atoms with van der Waals surface area (Å²) in [7, 11) is 0.712. The highest BCUT2D eigenvalue weighted by atomic mass is 28.3. The molecule has 0 aliphatic heterocycles. The maximum Gasteiger partial charge on any atom is 0.147 e. The van der Waals surface area contributed by atoms with Crippen molar-refractivity contribution >= 4 is 20.2 Å². The molecule has 1 atom stereocenters. The largest absolute Gasteiger partial charge is 0.468 e. The molecule has 0 radical (unpaired) electrons. The first-order chi connectivity index (χ1) is 3.27. The van der Waals surface area contributed by atoms with Crippen LogP contribution >= 0.6 is 0 Å². The number of hydrogen-bond acceptors (Lipinski definition) is 2. The van der Waals surface area contributed by atoms with Crippen molar-refractivity contribution in [1.82, 2.24) is 0 Å². The summed E-state index contributed by atoms with van der Waals surface area (Å²) in [5, 5.41) is 0. The van der Waals surface area contributed by atoms with Gasteiger partial charge in [-0.1, -0.05) is 6.92 Å². The van der Waals surface area contributed by atoms with E-state index in [1.807, 2.05) is 6.92 Å². The highest BCUT2D eigenvalue weighted by molar-refractivity contribution is 6.34. The third-order valence-electron chi connectivity index (χ3n) is 0.777. The van der Waals surface area contributed by atoms with Gasteiger partial charge in [0.25, 0.3) is 0 Å². The first-order valence-electron chi connectivity index (χ1n) is 2.52. The summed E-state index contributed by atoms with van der Waals surface area (Å²) >= 11 is 0. The van der Waals surface area contributed by atoms with Gasteiger partial charge in [-0.3, -0.25) is 0 Å². The Morgan fingerprint density at radius 1 is 2.00 bits per heavy atom. The SMILES string of the molecule is CC(N)C[SiH2]O[SiH3]. The molecule has 0 bridgehead atoms. The lowest BCUT2D eigenvalue weighted by Crippen LogP contribution is -2.17. The third-order valence-corrected chi connectivity index (χ3v) is 3.56. The molecule has 0 heterocycles. The molecule has 0 aromatic heterocycles. The van der Waals surface area contributed by atoms with Crippen molar-refractivity contribution in [2.45, 2.75) is 19.0 Å². The van der Waals surface area contributed by atoms with Crippen LogP contribution in [0.5, 0.6) is 0 Å². The second-order valence-electron chi connectivity index (χ2n) is 1.76. The van der Waals surface area contributed by atoms with E-state index in [0.29, 0.717) is 6.04 Å². The maximum atomic E-state index is 5.45. The minimum atomic E-state index is -0.189. The lowest BCUT2D eigenvalue weighted by molar-refractivity contribution is 0.645. The average molecular weight is 135 g/mol. The zero-order chi connectivity index (χ0) is 5.70. The fourth-order valence-electron chi connectivity index (χ4n) is 0.304. The van der Waals surface area contributed by atoms with Crippen molar-refractivity contribution in [1.29, 1.82) is 0 Å². The molecule has 0 fully saturated rings. The van der Waals surface area contributed by atoms with E-state index in [0.717, 1.165) is 16.5 Å². The van der Waals surface area contributed by atoms with Crippen LogP contribution in [0.2, 0.25) is 6.04 Å². The van der Waals surface area contributed by atoms with E-state index < -0.39 is 0 Å². The van der Waals surface area contributed by atoms with Gasteiger partial charge in [-0.2, -0.15) is 0 Å². The van der Waals surface area contributed by atoms with Crippen LogP contribution in [0.25, 0.3) is 0 Å². The second-order valence-corrected chi connectivity index (χ2v) is 5.05. The zero-order valence-corrected chi connectivity index (χ0v) is 8.39. The summed E-state index contributed by atoms with van der Waals surface area (Å²) < 4.78 is 5.05. The van der Waals surface area contributed by atoms with E-state index in [2.05, 4.69) is 0 Å². The third kappa shape index (κ3) is 6.35. The highest BCUT2D eigenvalue weighted by Crippen LogP contribution is 1.82. The van der Waals surface area contributed by atoms with E-state index in [1.54, 1.807) is 0 Å². The Balaban J connectivity index is 2.68. The van der Waals surface area contributed by atoms with Gasteiger partial charge in [-0.15, -0.1) is 0 Å². The minimum absolute atomic E-state index is 0.189. The lowest BCUT2D eigenvalue weighted by atomic mass is 10.4. The summed E-state index contributed by atoms with van der Waals surface area (Å²) in [6.45, 7) is 2.02. The molecule has 0 aromatic rings. The van der Waals surface area contributed by atoms with Gasteiger partial charge in [0.1, 0.15) is 20.2 Å². The monoisotopic (exact) mass is 135 g/mol. The van der Waals surface area contributed by atoms with Crippen molar-refractivity contribution in [3.8, 4) is 0 Å². The van der Waals surface area contributed by atoms with E-state index >= 15 is 0 Å². The zero-order valence-electron chi connectivity index (χ0n) is 4.98. The summed E-state index contributed by atoms with van der Waals surface area (Å²) in [6.07, 6.45) is 0. The molecule has 0 aliphatic rings. The Morgan fingerprint density at radius 2 is 2.57 bits per heavy atom. The van der Waals surface area contributed by atoms with Crippen molar-refractivity contribution < 1.29 is 4.12 Å². The van der Waals surface area contributed by atoms with Gasteiger partial charge in [-0.05, 0) is 6.04 Å². The molecule has 0 saturated carbocycles. The lowest BCUT2D eigenvalue weighted by Gasteiger charge is -1.99. The number of hydrogen-bond donors (Lipinski definition) is 1. The summed E-state index contributed by atoms with van der Waals surface area (Å²) in [5.41, 5.74) is 5.45. The van der Waals surface area contributed by atoms with E-state index in [9.17, 15) is 0 Å². The standard InChI is InChI=1S/C3H13NOSi2/c1-3(4)2-7-5-6/h3H,2,4,7H2,1,6H3. The van der Waals surface area contributed by atoms with Gasteiger partial charge >= 0.3 is 0 Å². The topological polar surface area (TPSA) is 35.2 Å².